The second-order valence-corrected chi connectivity index (χ2v) is 6.46. The summed E-state index contributed by atoms with van der Waals surface area (Å²) in [5.74, 6) is -0.164. The molecule has 7 heteroatoms. The molecule has 22 heavy (non-hydrogen) atoms. The Bertz CT molecular complexity index is 641. The van der Waals surface area contributed by atoms with Crippen LogP contribution in [0.5, 0.6) is 0 Å². The Labute approximate surface area is 145 Å². The minimum absolute atomic E-state index is 0. The minimum Gasteiger partial charge on any atom is -0.347 e. The molecule has 2 atom stereocenters. The van der Waals surface area contributed by atoms with Gasteiger partial charge in [-0.2, -0.15) is 0 Å². The Morgan fingerprint density at radius 2 is 1.91 bits per heavy atom. The van der Waals surface area contributed by atoms with Gasteiger partial charge in [0, 0.05) is 10.6 Å². The van der Waals surface area contributed by atoms with E-state index in [4.69, 9.17) is 17.3 Å². The molecule has 0 saturated heterocycles. The Morgan fingerprint density at radius 3 is 2.45 bits per heavy atom. The molecule has 0 radical (unpaired) electrons. The van der Waals surface area contributed by atoms with Crippen molar-refractivity contribution in [3.8, 4) is 10.6 Å². The van der Waals surface area contributed by atoms with Crippen LogP contribution in [0.15, 0.2) is 24.3 Å². The van der Waals surface area contributed by atoms with Gasteiger partial charge < -0.3 is 11.1 Å². The molecule has 1 amide bonds. The molecule has 0 aliphatic rings. The molecule has 0 saturated carbocycles. The maximum atomic E-state index is 11.7. The van der Waals surface area contributed by atoms with Crippen LogP contribution in [0.3, 0.4) is 0 Å². The van der Waals surface area contributed by atoms with Gasteiger partial charge in [-0.15, -0.1) is 23.7 Å². The number of nitrogens with one attached hydrogen (secondary N) is 1. The molecule has 0 bridgehead atoms. The predicted octanol–water partition coefficient (Wildman–Crippen LogP) is 3.72. The Hall–Kier alpha value is -1.14. The lowest BCUT2D eigenvalue weighted by atomic mass is 10.2. The van der Waals surface area contributed by atoms with Crippen LogP contribution in [0, 0.1) is 6.92 Å². The molecule has 1 unspecified atom stereocenters. The van der Waals surface area contributed by atoms with Gasteiger partial charge in [0.2, 0.25) is 5.91 Å². The fourth-order valence-electron chi connectivity index (χ4n) is 1.94. The second-order valence-electron chi connectivity index (χ2n) is 4.99. The molecular weight excluding hydrogens is 341 g/mol. The van der Waals surface area contributed by atoms with E-state index in [2.05, 4.69) is 10.3 Å². The number of halogens is 2. The topological polar surface area (TPSA) is 68.0 Å². The van der Waals surface area contributed by atoms with Gasteiger partial charge in [-0.1, -0.05) is 23.7 Å². The molecule has 1 aromatic carbocycles. The molecule has 2 aromatic rings. The minimum atomic E-state index is -0.517. The van der Waals surface area contributed by atoms with Gasteiger partial charge in [0.25, 0.3) is 0 Å². The smallest absolute Gasteiger partial charge is 0.237 e. The molecular formula is C15H19Cl2N3OS. The molecule has 3 N–H and O–H groups in total. The number of carbonyl (C=O) groups excluding carboxylic acids is 1. The van der Waals surface area contributed by atoms with E-state index in [-0.39, 0.29) is 24.4 Å². The average molecular weight is 360 g/mol. The van der Waals surface area contributed by atoms with E-state index in [0.29, 0.717) is 5.02 Å². The first kappa shape index (κ1) is 18.9. The van der Waals surface area contributed by atoms with Crippen LogP contribution >= 0.6 is 35.3 Å². The maximum Gasteiger partial charge on any atom is 0.237 e. The third-order valence-electron chi connectivity index (χ3n) is 3.09. The normalized spacial score (nSPS) is 13.1. The number of nitrogens with zero attached hydrogens (tertiary/aromatic N) is 1. The number of aromatic nitrogens is 1. The first-order valence-electron chi connectivity index (χ1n) is 6.67. The maximum absolute atomic E-state index is 11.7. The van der Waals surface area contributed by atoms with E-state index < -0.39 is 6.04 Å². The molecule has 0 aliphatic carbocycles. The Balaban J connectivity index is 0.00000242. The highest BCUT2D eigenvalue weighted by Gasteiger charge is 2.18. The number of hydrogen-bond acceptors (Lipinski definition) is 4. The van der Waals surface area contributed by atoms with Gasteiger partial charge in [0.05, 0.1) is 22.7 Å². The Kier molecular flexibility index (Phi) is 6.81. The van der Waals surface area contributed by atoms with Crippen LogP contribution < -0.4 is 11.1 Å². The zero-order valence-corrected chi connectivity index (χ0v) is 15.0. The van der Waals surface area contributed by atoms with E-state index in [9.17, 15) is 4.79 Å². The van der Waals surface area contributed by atoms with E-state index in [1.54, 1.807) is 18.3 Å². The fourth-order valence-corrected chi connectivity index (χ4v) is 3.14. The number of hydrogen-bond donors (Lipinski definition) is 2. The molecule has 1 heterocycles. The van der Waals surface area contributed by atoms with Gasteiger partial charge in [0.1, 0.15) is 5.01 Å². The summed E-state index contributed by atoms with van der Waals surface area (Å²) in [7, 11) is 0. The van der Waals surface area contributed by atoms with Gasteiger partial charge in [-0.3, -0.25) is 4.79 Å². The van der Waals surface area contributed by atoms with Crippen molar-refractivity contribution in [3.63, 3.8) is 0 Å². The van der Waals surface area contributed by atoms with Crippen LogP contribution in [0.2, 0.25) is 5.02 Å². The number of benzene rings is 1. The molecule has 2 rings (SSSR count). The van der Waals surface area contributed by atoms with Crippen LogP contribution in [-0.2, 0) is 4.79 Å². The Morgan fingerprint density at radius 1 is 1.32 bits per heavy atom. The number of thiazole rings is 1. The summed E-state index contributed by atoms with van der Waals surface area (Å²) in [4.78, 5) is 17.3. The summed E-state index contributed by atoms with van der Waals surface area (Å²) in [5.41, 5.74) is 7.51. The average Bonchev–Trinajstić information content (AvgIpc) is 2.81. The highest BCUT2D eigenvalue weighted by molar-refractivity contribution is 7.15. The summed E-state index contributed by atoms with van der Waals surface area (Å²) in [5, 5.41) is 4.51. The third kappa shape index (κ3) is 4.43. The van der Waals surface area contributed by atoms with Crippen LogP contribution in [0.4, 0.5) is 0 Å². The largest absolute Gasteiger partial charge is 0.347 e. The standard InChI is InChI=1S/C15H18ClN3OS.ClH/c1-8(17)14(20)18-9(2)13-10(3)19-15(21-13)11-4-6-12(16)7-5-11;/h4-9H,17H2,1-3H3,(H,18,20);1H/t8-,9?;/m0./s1. The summed E-state index contributed by atoms with van der Waals surface area (Å²) >= 11 is 7.47. The lowest BCUT2D eigenvalue weighted by Gasteiger charge is -2.14. The number of aryl methyl sites for hydroxylation is 1. The summed E-state index contributed by atoms with van der Waals surface area (Å²) in [6, 6.07) is 6.94. The van der Waals surface area contributed by atoms with Crippen LogP contribution in [0.1, 0.15) is 30.5 Å². The lowest BCUT2D eigenvalue weighted by molar-refractivity contribution is -0.122. The van der Waals surface area contributed by atoms with Gasteiger partial charge in [0.15, 0.2) is 0 Å². The quantitative estimate of drug-likeness (QED) is 0.873. The highest BCUT2D eigenvalue weighted by Crippen LogP contribution is 2.32. The molecule has 120 valence electrons. The summed E-state index contributed by atoms with van der Waals surface area (Å²) in [6.07, 6.45) is 0. The van der Waals surface area contributed by atoms with Crippen LogP contribution in [0.25, 0.3) is 10.6 Å². The zero-order chi connectivity index (χ0) is 15.6. The zero-order valence-electron chi connectivity index (χ0n) is 12.6. The van der Waals surface area contributed by atoms with Crippen molar-refractivity contribution < 1.29 is 4.79 Å². The highest BCUT2D eigenvalue weighted by atomic mass is 35.5. The van der Waals surface area contributed by atoms with Crippen molar-refractivity contribution in [3.05, 3.63) is 39.9 Å². The summed E-state index contributed by atoms with van der Waals surface area (Å²) < 4.78 is 0. The van der Waals surface area contributed by atoms with Crippen molar-refractivity contribution >= 4 is 41.3 Å². The molecule has 1 aromatic heterocycles. The third-order valence-corrected chi connectivity index (χ3v) is 4.73. The first-order valence-corrected chi connectivity index (χ1v) is 7.87. The second kappa shape index (κ2) is 7.92. The lowest BCUT2D eigenvalue weighted by Crippen LogP contribution is -2.39. The number of nitrogens with two attached hydrogens (primary N) is 1. The van der Waals surface area contributed by atoms with Crippen molar-refractivity contribution in [1.82, 2.24) is 10.3 Å². The molecule has 0 aliphatic heterocycles. The van der Waals surface area contributed by atoms with Gasteiger partial charge in [-0.05, 0) is 32.9 Å². The van der Waals surface area contributed by atoms with Crippen LogP contribution in [-0.4, -0.2) is 16.9 Å². The van der Waals surface area contributed by atoms with E-state index in [1.807, 2.05) is 38.1 Å². The van der Waals surface area contributed by atoms with E-state index in [1.165, 1.54) is 0 Å². The number of amides is 1. The van der Waals surface area contributed by atoms with Crippen molar-refractivity contribution in [2.75, 3.05) is 0 Å². The number of carbonyl (C=O) groups is 1. The van der Waals surface area contributed by atoms with Gasteiger partial charge >= 0.3 is 0 Å². The number of rotatable bonds is 4. The fraction of sp³-hybridized carbons (Fsp3) is 0.333. The van der Waals surface area contributed by atoms with E-state index >= 15 is 0 Å². The molecule has 0 spiro atoms. The SMILES string of the molecule is Cc1nc(-c2ccc(Cl)cc2)sc1C(C)NC(=O)[C@H](C)N.Cl. The molecule has 0 fully saturated rings. The van der Waals surface area contributed by atoms with Crippen molar-refractivity contribution in [2.24, 2.45) is 5.73 Å². The van der Waals surface area contributed by atoms with Gasteiger partial charge in [-0.25, -0.2) is 4.98 Å². The van der Waals surface area contributed by atoms with E-state index in [0.717, 1.165) is 21.1 Å². The monoisotopic (exact) mass is 359 g/mol. The first-order chi connectivity index (χ1) is 9.88. The van der Waals surface area contributed by atoms with Crippen molar-refractivity contribution in [1.29, 1.82) is 0 Å². The summed E-state index contributed by atoms with van der Waals surface area (Å²) in [6.45, 7) is 5.55. The van der Waals surface area contributed by atoms with Crippen molar-refractivity contribution in [2.45, 2.75) is 32.9 Å². The molecule has 4 nitrogen and oxygen atoms in total. The predicted molar refractivity (Wildman–Crippen MR) is 94.8 cm³/mol.